The number of furan rings is 1. The number of nitrogens with zero attached hydrogens (tertiary/aromatic N) is 3. The van der Waals surface area contributed by atoms with E-state index in [1.807, 2.05) is 87.6 Å². The largest absolute Gasteiger partial charge is 0.501 e. The number of benzene rings is 4. The Hall–Kier alpha value is -4.48. The van der Waals surface area contributed by atoms with Crippen molar-refractivity contribution in [2.75, 3.05) is 0 Å². The molecule has 0 aliphatic rings. The second kappa shape index (κ2) is 13.7. The van der Waals surface area contributed by atoms with E-state index < -0.39 is 5.89 Å². The molecule has 0 fully saturated rings. The first-order valence-corrected chi connectivity index (χ1v) is 16.1. The normalized spacial score (nSPS) is 11.6. The summed E-state index contributed by atoms with van der Waals surface area (Å²) in [5.74, 6) is -0.791. The van der Waals surface area contributed by atoms with Crippen LogP contribution in [0.5, 0.6) is 0 Å². The van der Waals surface area contributed by atoms with Gasteiger partial charge in [-0.15, -0.1) is 65.4 Å². The van der Waals surface area contributed by atoms with Crippen LogP contribution >= 0.6 is 11.3 Å². The second-order valence-electron chi connectivity index (χ2n) is 11.6. The monoisotopic (exact) mass is 809 g/mol. The Morgan fingerprint density at radius 2 is 1.64 bits per heavy atom. The molecule has 0 amide bonds. The third kappa shape index (κ3) is 6.29. The Morgan fingerprint density at radius 1 is 0.830 bits per heavy atom. The van der Waals surface area contributed by atoms with E-state index in [0.29, 0.717) is 0 Å². The molecule has 8 aromatic rings. The summed E-state index contributed by atoms with van der Waals surface area (Å²) in [6.07, 6.45) is 3.64. The first-order chi connectivity index (χ1) is 22.7. The van der Waals surface area contributed by atoms with Crippen LogP contribution in [-0.2, 0) is 20.1 Å². The zero-order chi connectivity index (χ0) is 32.7. The third-order valence-corrected chi connectivity index (χ3v) is 9.16. The molecule has 6 heteroatoms. The summed E-state index contributed by atoms with van der Waals surface area (Å²) >= 11 is 1.69. The van der Waals surface area contributed by atoms with Crippen molar-refractivity contribution in [3.63, 3.8) is 0 Å². The minimum Gasteiger partial charge on any atom is -0.501 e. The van der Waals surface area contributed by atoms with Crippen LogP contribution in [0.1, 0.15) is 42.8 Å². The van der Waals surface area contributed by atoms with E-state index in [1.54, 1.807) is 17.5 Å². The molecule has 1 radical (unpaired) electrons. The van der Waals surface area contributed by atoms with Crippen LogP contribution in [-0.4, -0.2) is 15.0 Å². The topological polar surface area (TPSA) is 51.8 Å². The number of hydrogen-bond donors (Lipinski definition) is 0. The Kier molecular flexibility index (Phi) is 9.08. The molecule has 0 aliphatic heterocycles. The minimum absolute atomic E-state index is 0. The average molecular weight is 809 g/mol. The minimum atomic E-state index is -0.791. The molecule has 0 spiro atoms. The summed E-state index contributed by atoms with van der Waals surface area (Å²) in [6.45, 7) is 10.1. The van der Waals surface area contributed by atoms with Crippen LogP contribution in [0.3, 0.4) is 0 Å². The van der Waals surface area contributed by atoms with Gasteiger partial charge in [-0.3, -0.25) is 0 Å². The van der Waals surface area contributed by atoms with Crippen LogP contribution in [0.4, 0.5) is 0 Å². The molecule has 4 aromatic heterocycles. The Bertz CT molecular complexity index is 2320. The fourth-order valence-corrected chi connectivity index (χ4v) is 6.99. The predicted octanol–water partition coefficient (Wildman–Crippen LogP) is 11.3. The van der Waals surface area contributed by atoms with Gasteiger partial charge in [0.1, 0.15) is 5.58 Å². The second-order valence-corrected chi connectivity index (χ2v) is 12.8. The molecule has 235 valence electrons. The molecule has 0 atom stereocenters. The molecule has 0 saturated carbocycles. The fraction of sp³-hybridized carbons (Fsp3) is 0.146. The van der Waals surface area contributed by atoms with Crippen LogP contribution in [0.15, 0.2) is 108 Å². The van der Waals surface area contributed by atoms with E-state index in [9.17, 15) is 0 Å². The average Bonchev–Trinajstić information content (AvgIpc) is 3.65. The molecule has 4 aromatic carbocycles. The maximum absolute atomic E-state index is 8.79. The number of rotatable bonds is 4. The molecule has 0 aliphatic carbocycles. The van der Waals surface area contributed by atoms with Crippen LogP contribution in [0, 0.1) is 32.9 Å². The van der Waals surface area contributed by atoms with Gasteiger partial charge in [0.15, 0.2) is 0 Å². The number of thiazole rings is 1. The van der Waals surface area contributed by atoms with Crippen molar-refractivity contribution in [3.8, 4) is 33.6 Å². The van der Waals surface area contributed by atoms with Gasteiger partial charge in [0.25, 0.3) is 0 Å². The number of hydrogen-bond acceptors (Lipinski definition) is 5. The molecule has 0 N–H and O–H groups in total. The van der Waals surface area contributed by atoms with Crippen molar-refractivity contribution in [3.05, 3.63) is 137 Å². The molecule has 0 unspecified atom stereocenters. The first-order valence-electron chi connectivity index (χ1n) is 15.8. The smallest absolute Gasteiger partial charge is 0.122 e. The van der Waals surface area contributed by atoms with Crippen molar-refractivity contribution in [1.29, 1.82) is 0 Å². The molecule has 8 rings (SSSR count). The van der Waals surface area contributed by atoms with Crippen LogP contribution < -0.4 is 0 Å². The van der Waals surface area contributed by atoms with Crippen LogP contribution in [0.25, 0.3) is 65.8 Å². The van der Waals surface area contributed by atoms with E-state index >= 15 is 0 Å². The number of aromatic nitrogens is 3. The van der Waals surface area contributed by atoms with Gasteiger partial charge in [0.2, 0.25) is 0 Å². The Labute approximate surface area is 294 Å². The van der Waals surface area contributed by atoms with E-state index in [-0.39, 0.29) is 20.1 Å². The zero-order valence-electron chi connectivity index (χ0n) is 27.8. The van der Waals surface area contributed by atoms with E-state index in [0.717, 1.165) is 76.4 Å². The molecular weight excluding hydrogens is 775 g/mol. The molecule has 4 heterocycles. The van der Waals surface area contributed by atoms with Gasteiger partial charge in [-0.25, -0.2) is 4.98 Å². The summed E-state index contributed by atoms with van der Waals surface area (Å²) in [5, 5.41) is 3.18. The van der Waals surface area contributed by atoms with Gasteiger partial charge in [-0.1, -0.05) is 61.2 Å². The van der Waals surface area contributed by atoms with Crippen molar-refractivity contribution in [1.82, 2.24) is 15.0 Å². The summed E-state index contributed by atoms with van der Waals surface area (Å²) in [6, 6.07) is 36.7. The van der Waals surface area contributed by atoms with Gasteiger partial charge >= 0.3 is 0 Å². The first kappa shape index (κ1) is 31.1. The van der Waals surface area contributed by atoms with Crippen molar-refractivity contribution in [2.24, 2.45) is 0 Å². The predicted molar refractivity (Wildman–Crippen MR) is 191 cm³/mol. The molecule has 4 nitrogen and oxygen atoms in total. The van der Waals surface area contributed by atoms with E-state index in [4.69, 9.17) is 10.8 Å². The Balaban J connectivity index is 0.000000260. The number of fused-ring (bicyclic) bond motifs is 5. The van der Waals surface area contributed by atoms with Crippen molar-refractivity contribution >= 4 is 43.5 Å². The van der Waals surface area contributed by atoms with Gasteiger partial charge in [0, 0.05) is 39.3 Å². The third-order valence-electron chi connectivity index (χ3n) is 8.16. The Morgan fingerprint density at radius 3 is 2.36 bits per heavy atom. The van der Waals surface area contributed by atoms with Crippen molar-refractivity contribution < 1.29 is 25.9 Å². The zero-order valence-corrected chi connectivity index (χ0v) is 30.0. The van der Waals surface area contributed by atoms with Gasteiger partial charge in [-0.2, -0.15) is 0 Å². The molecule has 47 heavy (non-hydrogen) atoms. The number of aryl methyl sites for hydroxylation is 3. The van der Waals surface area contributed by atoms with Gasteiger partial charge in [-0.05, 0) is 84.1 Å². The van der Waals surface area contributed by atoms with E-state index in [1.165, 1.54) is 11.1 Å². The summed E-state index contributed by atoms with van der Waals surface area (Å²) in [4.78, 5) is 13.7. The molecular formula is C41H33IrN3OS-2. The van der Waals surface area contributed by atoms with Gasteiger partial charge in [0.05, 0.1) is 20.8 Å². The maximum Gasteiger partial charge on any atom is 0.122 e. The quantitative estimate of drug-likeness (QED) is 0.166. The standard InChI is InChI=1S/C30H25N2OS.C11H8N.Ir/c1-16(2)23-15-31-25(14-22(23)27-17(3)8-6-9-18(27)4)20-10-7-11-21-28-26(33-29(20)21)13-12-24-30(28)34-19(5)32-24;1-2-6-10(7-3-1)11-8-4-5-9-12-11;/h6-9,11-16H,1-5H3;1-6,8-9H;/q2*-1;/i16D;;. The van der Waals surface area contributed by atoms with Gasteiger partial charge < -0.3 is 14.4 Å². The fourth-order valence-electron chi connectivity index (χ4n) is 6.02. The molecule has 0 bridgehead atoms. The summed E-state index contributed by atoms with van der Waals surface area (Å²) in [5.41, 5.74) is 11.7. The van der Waals surface area contributed by atoms with Crippen molar-refractivity contribution in [2.45, 2.75) is 40.5 Å². The van der Waals surface area contributed by atoms with E-state index in [2.05, 4.69) is 66.3 Å². The SMILES string of the molecule is [2H]C(C)(C)c1cnc(-c2[c-]ccc3c2oc2ccc4nc(C)sc4c23)cc1-c1c(C)cccc1C.[Ir].[c-]1ccccc1-c1ccccn1. The summed E-state index contributed by atoms with van der Waals surface area (Å²) in [7, 11) is 0. The maximum atomic E-state index is 8.79. The molecule has 0 saturated heterocycles. The van der Waals surface area contributed by atoms with Crippen LogP contribution in [0.2, 0.25) is 0 Å². The summed E-state index contributed by atoms with van der Waals surface area (Å²) < 4.78 is 16.4. The number of pyridine rings is 2.